The lowest BCUT2D eigenvalue weighted by molar-refractivity contribution is -0.137. The van der Waals surface area contributed by atoms with Gasteiger partial charge in [0.25, 0.3) is 0 Å². The smallest absolute Gasteiger partial charge is 0.391 e. The molecule has 0 radical (unpaired) electrons. The summed E-state index contributed by atoms with van der Waals surface area (Å²) in [7, 11) is 0. The Morgan fingerprint density at radius 3 is 2.42 bits per heavy atom. The van der Waals surface area contributed by atoms with E-state index < -0.39 is 29.4 Å². The maximum absolute atomic E-state index is 13.0. The highest BCUT2D eigenvalue weighted by Gasteiger charge is 2.34. The summed E-state index contributed by atoms with van der Waals surface area (Å²) in [5.74, 6) is 0. The molecule has 2 N–H and O–H groups in total. The third-order valence-corrected chi connectivity index (χ3v) is 3.70. The average molecular weight is 334 g/mol. The van der Waals surface area contributed by atoms with E-state index in [1.54, 1.807) is 13.0 Å². The van der Waals surface area contributed by atoms with Crippen LogP contribution in [0.3, 0.4) is 0 Å². The second kappa shape index (κ2) is 7.37. The Kier molecular flexibility index (Phi) is 5.47. The van der Waals surface area contributed by atoms with E-state index in [1.807, 2.05) is 30.3 Å². The van der Waals surface area contributed by atoms with Gasteiger partial charge in [0.2, 0.25) is 0 Å². The number of anilines is 1. The van der Waals surface area contributed by atoms with Crippen molar-refractivity contribution in [3.63, 3.8) is 0 Å². The highest BCUT2D eigenvalue weighted by Crippen LogP contribution is 2.33. The van der Waals surface area contributed by atoms with Gasteiger partial charge in [-0.3, -0.25) is 0 Å². The fourth-order valence-electron chi connectivity index (χ4n) is 2.36. The molecule has 6 heteroatoms. The van der Waals surface area contributed by atoms with Crippen LogP contribution in [0.4, 0.5) is 18.9 Å². The number of nitrogens with one attached hydrogen (secondary N) is 1. The first-order valence-electron chi connectivity index (χ1n) is 7.41. The SMILES string of the molecule is CC(Nc1ccc(C#N)c(C(F)(F)F)c1)C(O)Cc1ccccc1. The molecule has 24 heavy (non-hydrogen) atoms. The van der Waals surface area contributed by atoms with Crippen LogP contribution in [0.1, 0.15) is 23.6 Å². The molecule has 0 bridgehead atoms. The summed E-state index contributed by atoms with van der Waals surface area (Å²) in [5.41, 5.74) is -0.263. The summed E-state index contributed by atoms with van der Waals surface area (Å²) < 4.78 is 38.9. The van der Waals surface area contributed by atoms with Gasteiger partial charge in [-0.1, -0.05) is 30.3 Å². The molecule has 126 valence electrons. The van der Waals surface area contributed by atoms with Crippen molar-refractivity contribution in [3.8, 4) is 6.07 Å². The van der Waals surface area contributed by atoms with E-state index in [0.717, 1.165) is 17.7 Å². The fraction of sp³-hybridized carbons (Fsp3) is 0.278. The van der Waals surface area contributed by atoms with E-state index >= 15 is 0 Å². The summed E-state index contributed by atoms with van der Waals surface area (Å²) in [6.07, 6.45) is -4.98. The third kappa shape index (κ3) is 4.49. The predicted molar refractivity (Wildman–Crippen MR) is 85.4 cm³/mol. The molecule has 2 aromatic rings. The van der Waals surface area contributed by atoms with E-state index in [4.69, 9.17) is 5.26 Å². The van der Waals surface area contributed by atoms with Crippen molar-refractivity contribution < 1.29 is 18.3 Å². The van der Waals surface area contributed by atoms with Crippen LogP contribution in [0.15, 0.2) is 48.5 Å². The zero-order chi connectivity index (χ0) is 17.7. The predicted octanol–water partition coefficient (Wildman–Crippen LogP) is 3.98. The van der Waals surface area contributed by atoms with Crippen molar-refractivity contribution in [2.75, 3.05) is 5.32 Å². The average Bonchev–Trinajstić information content (AvgIpc) is 2.55. The third-order valence-electron chi connectivity index (χ3n) is 3.70. The van der Waals surface area contributed by atoms with Crippen LogP contribution in [0.5, 0.6) is 0 Å². The quantitative estimate of drug-likeness (QED) is 0.869. The maximum Gasteiger partial charge on any atom is 0.417 e. The zero-order valence-corrected chi connectivity index (χ0v) is 13.0. The highest BCUT2D eigenvalue weighted by atomic mass is 19.4. The minimum absolute atomic E-state index is 0.209. The molecule has 0 aromatic heterocycles. The van der Waals surface area contributed by atoms with E-state index in [0.29, 0.717) is 6.42 Å². The van der Waals surface area contributed by atoms with Crippen LogP contribution in [0.2, 0.25) is 0 Å². The van der Waals surface area contributed by atoms with Gasteiger partial charge in [-0.25, -0.2) is 0 Å². The lowest BCUT2D eigenvalue weighted by Crippen LogP contribution is -2.32. The molecule has 2 aromatic carbocycles. The largest absolute Gasteiger partial charge is 0.417 e. The van der Waals surface area contributed by atoms with Gasteiger partial charge in [0, 0.05) is 18.2 Å². The number of nitriles is 1. The van der Waals surface area contributed by atoms with Crippen molar-refractivity contribution in [1.29, 1.82) is 5.26 Å². The summed E-state index contributed by atoms with van der Waals surface area (Å²) in [6.45, 7) is 1.69. The van der Waals surface area contributed by atoms with Gasteiger partial charge in [0.05, 0.1) is 23.3 Å². The van der Waals surface area contributed by atoms with Crippen LogP contribution in [0.25, 0.3) is 0 Å². The Hall–Kier alpha value is -2.52. The fourth-order valence-corrected chi connectivity index (χ4v) is 2.36. The van der Waals surface area contributed by atoms with Crippen molar-refractivity contribution in [2.24, 2.45) is 0 Å². The van der Waals surface area contributed by atoms with E-state index in [-0.39, 0.29) is 5.69 Å². The molecule has 0 fully saturated rings. The Bertz CT molecular complexity index is 723. The number of aliphatic hydroxyl groups excluding tert-OH is 1. The lowest BCUT2D eigenvalue weighted by Gasteiger charge is -2.22. The Balaban J connectivity index is 2.11. The Labute approximate surface area is 138 Å². The molecule has 0 aliphatic heterocycles. The number of halogens is 3. The van der Waals surface area contributed by atoms with Crippen molar-refractivity contribution in [3.05, 3.63) is 65.2 Å². The van der Waals surface area contributed by atoms with E-state index in [2.05, 4.69) is 5.32 Å². The monoisotopic (exact) mass is 334 g/mol. The molecule has 2 atom stereocenters. The molecular weight excluding hydrogens is 317 g/mol. The number of nitrogens with zero attached hydrogens (tertiary/aromatic N) is 1. The molecular formula is C18H17F3N2O. The summed E-state index contributed by atoms with van der Waals surface area (Å²) >= 11 is 0. The first-order valence-corrected chi connectivity index (χ1v) is 7.41. The van der Waals surface area contributed by atoms with Crippen LogP contribution >= 0.6 is 0 Å². The van der Waals surface area contributed by atoms with Gasteiger partial charge in [0.1, 0.15) is 0 Å². The molecule has 0 amide bonds. The number of alkyl halides is 3. The molecule has 0 saturated carbocycles. The number of aliphatic hydroxyl groups is 1. The summed E-state index contributed by atoms with van der Waals surface area (Å²) in [5, 5.41) is 21.9. The van der Waals surface area contributed by atoms with Crippen molar-refractivity contribution in [1.82, 2.24) is 0 Å². The Morgan fingerprint density at radius 2 is 1.83 bits per heavy atom. The molecule has 2 unspecified atom stereocenters. The maximum atomic E-state index is 13.0. The lowest BCUT2D eigenvalue weighted by atomic mass is 10.0. The Morgan fingerprint density at radius 1 is 1.17 bits per heavy atom. The topological polar surface area (TPSA) is 56.0 Å². The van der Waals surface area contributed by atoms with Gasteiger partial charge in [0.15, 0.2) is 0 Å². The van der Waals surface area contributed by atoms with Gasteiger partial charge in [-0.2, -0.15) is 18.4 Å². The number of benzene rings is 2. The molecule has 0 spiro atoms. The molecule has 0 saturated heterocycles. The molecule has 2 rings (SSSR count). The van der Waals surface area contributed by atoms with E-state index in [1.165, 1.54) is 6.07 Å². The van der Waals surface area contributed by atoms with Gasteiger partial charge >= 0.3 is 6.18 Å². The van der Waals surface area contributed by atoms with Gasteiger partial charge in [-0.15, -0.1) is 0 Å². The van der Waals surface area contributed by atoms with Crippen molar-refractivity contribution in [2.45, 2.75) is 31.7 Å². The first-order chi connectivity index (χ1) is 11.3. The van der Waals surface area contributed by atoms with E-state index in [9.17, 15) is 18.3 Å². The van der Waals surface area contributed by atoms with Crippen LogP contribution < -0.4 is 5.32 Å². The van der Waals surface area contributed by atoms with Crippen LogP contribution in [-0.2, 0) is 12.6 Å². The van der Waals surface area contributed by atoms with Crippen LogP contribution in [0, 0.1) is 11.3 Å². The minimum atomic E-state index is -4.60. The summed E-state index contributed by atoms with van der Waals surface area (Å²) in [6, 6.07) is 13.8. The zero-order valence-electron chi connectivity index (χ0n) is 13.0. The number of rotatable bonds is 5. The normalized spacial score (nSPS) is 13.8. The number of hydrogen-bond acceptors (Lipinski definition) is 3. The minimum Gasteiger partial charge on any atom is -0.391 e. The second-order valence-corrected chi connectivity index (χ2v) is 5.56. The number of hydrogen-bond donors (Lipinski definition) is 2. The second-order valence-electron chi connectivity index (χ2n) is 5.56. The van der Waals surface area contributed by atoms with Gasteiger partial charge < -0.3 is 10.4 Å². The molecule has 0 aliphatic carbocycles. The molecule has 3 nitrogen and oxygen atoms in total. The van der Waals surface area contributed by atoms with Gasteiger partial charge in [-0.05, 0) is 30.7 Å². The molecule has 0 heterocycles. The highest BCUT2D eigenvalue weighted by molar-refractivity contribution is 5.53. The standard InChI is InChI=1S/C18H17F3N2O/c1-12(17(24)9-13-5-3-2-4-6-13)23-15-8-7-14(11-22)16(10-15)18(19,20)21/h2-8,10,12,17,23-24H,9H2,1H3. The first kappa shape index (κ1) is 17.8. The van der Waals surface area contributed by atoms with Crippen LogP contribution in [-0.4, -0.2) is 17.3 Å². The van der Waals surface area contributed by atoms with Crippen molar-refractivity contribution >= 4 is 5.69 Å². The molecule has 0 aliphatic rings. The summed E-state index contributed by atoms with van der Waals surface area (Å²) in [4.78, 5) is 0.